The van der Waals surface area contributed by atoms with Gasteiger partial charge in [0.15, 0.2) is 0 Å². The molecule has 0 aromatic heterocycles. The lowest BCUT2D eigenvalue weighted by atomic mass is 9.50. The van der Waals surface area contributed by atoms with E-state index in [-0.39, 0.29) is 12.8 Å². The first-order chi connectivity index (χ1) is 11.5. The second-order valence-corrected chi connectivity index (χ2v) is 8.00. The molecular weight excluding hydrogens is 350 g/mol. The molecule has 3 aliphatic rings. The largest absolute Gasteiger partial charge is 0.426 e. The van der Waals surface area contributed by atoms with Crippen LogP contribution < -0.4 is 0 Å². The van der Waals surface area contributed by atoms with Crippen molar-refractivity contribution in [3.05, 3.63) is 0 Å². The van der Waals surface area contributed by atoms with Crippen LogP contribution in [0.2, 0.25) is 0 Å². The van der Waals surface area contributed by atoms with Crippen LogP contribution in [0.1, 0.15) is 51.4 Å². The summed E-state index contributed by atoms with van der Waals surface area (Å²) in [4.78, 5) is 0. The molecule has 3 saturated carbocycles. The molecule has 3 rings (SSSR count). The third-order valence-electron chi connectivity index (χ3n) is 6.90. The van der Waals surface area contributed by atoms with Crippen molar-refractivity contribution in [2.45, 2.75) is 75.4 Å². The molecule has 0 aliphatic heterocycles. The second-order valence-electron chi connectivity index (χ2n) is 8.00. The Bertz CT molecular complexity index is 451. The highest BCUT2D eigenvalue weighted by Gasteiger charge is 2.77. The van der Waals surface area contributed by atoms with Gasteiger partial charge in [0.25, 0.3) is 5.60 Å². The van der Waals surface area contributed by atoms with E-state index in [1.807, 2.05) is 0 Å². The van der Waals surface area contributed by atoms with Gasteiger partial charge in [-0.1, -0.05) is 25.7 Å². The molecule has 146 valence electrons. The van der Waals surface area contributed by atoms with Crippen LogP contribution in [0.15, 0.2) is 0 Å². The zero-order valence-corrected chi connectivity index (χ0v) is 13.8. The fraction of sp³-hybridized carbons (Fsp3) is 1.00. The molecule has 3 aliphatic carbocycles. The van der Waals surface area contributed by atoms with Crippen LogP contribution in [0.25, 0.3) is 0 Å². The van der Waals surface area contributed by atoms with Crippen LogP contribution in [0, 0.1) is 29.6 Å². The molecule has 2 N–H and O–H groups in total. The predicted molar refractivity (Wildman–Crippen MR) is 77.5 cm³/mol. The summed E-state index contributed by atoms with van der Waals surface area (Å²) in [5, 5.41) is 20.8. The van der Waals surface area contributed by atoms with Gasteiger partial charge in [0.2, 0.25) is 0 Å². The lowest BCUT2D eigenvalue weighted by Crippen LogP contribution is -2.69. The summed E-state index contributed by atoms with van der Waals surface area (Å²) < 4.78 is 81.4. The van der Waals surface area contributed by atoms with Gasteiger partial charge in [-0.3, -0.25) is 0 Å². The molecule has 0 amide bonds. The smallest absolute Gasteiger partial charge is 0.393 e. The van der Waals surface area contributed by atoms with Crippen LogP contribution in [0.5, 0.6) is 0 Å². The van der Waals surface area contributed by atoms with Crippen molar-refractivity contribution in [3.63, 3.8) is 0 Å². The van der Waals surface area contributed by atoms with Crippen molar-refractivity contribution in [3.8, 4) is 0 Å². The summed E-state index contributed by atoms with van der Waals surface area (Å²) in [7, 11) is 0. The van der Waals surface area contributed by atoms with Gasteiger partial charge >= 0.3 is 12.4 Å². The minimum absolute atomic E-state index is 0.198. The number of hydrogen-bond donors (Lipinski definition) is 2. The van der Waals surface area contributed by atoms with Crippen molar-refractivity contribution in [2.24, 2.45) is 29.6 Å². The quantitative estimate of drug-likeness (QED) is 0.666. The summed E-state index contributed by atoms with van der Waals surface area (Å²) >= 11 is 0. The Morgan fingerprint density at radius 3 is 1.24 bits per heavy atom. The molecule has 8 heteroatoms. The van der Waals surface area contributed by atoms with Crippen LogP contribution in [-0.2, 0) is 0 Å². The van der Waals surface area contributed by atoms with E-state index >= 15 is 0 Å². The average Bonchev–Trinajstić information content (AvgIpc) is 2.53. The number of halogens is 6. The third kappa shape index (κ3) is 2.87. The Balaban J connectivity index is 2.11. The molecule has 2 nitrogen and oxygen atoms in total. The van der Waals surface area contributed by atoms with E-state index in [1.54, 1.807) is 0 Å². The maximum Gasteiger partial charge on any atom is 0.426 e. The summed E-state index contributed by atoms with van der Waals surface area (Å²) in [6, 6.07) is 0. The first-order valence-electron chi connectivity index (χ1n) is 9.04. The van der Waals surface area contributed by atoms with Gasteiger partial charge in [-0.25, -0.2) is 0 Å². The molecule has 4 unspecified atom stereocenters. The topological polar surface area (TPSA) is 40.5 Å². The van der Waals surface area contributed by atoms with Gasteiger partial charge in [-0.15, -0.1) is 0 Å². The minimum atomic E-state index is -5.79. The Morgan fingerprint density at radius 2 is 0.920 bits per heavy atom. The highest BCUT2D eigenvalue weighted by Crippen LogP contribution is 2.61. The molecule has 0 bridgehead atoms. The van der Waals surface area contributed by atoms with Crippen LogP contribution in [0.3, 0.4) is 0 Å². The lowest BCUT2D eigenvalue weighted by Gasteiger charge is -2.58. The molecular formula is C17H24F6O2. The van der Waals surface area contributed by atoms with E-state index in [1.165, 1.54) is 0 Å². The van der Waals surface area contributed by atoms with Crippen molar-refractivity contribution >= 4 is 0 Å². The number of fused-ring (bicyclic) bond motifs is 2. The molecule has 0 saturated heterocycles. The van der Waals surface area contributed by atoms with E-state index in [0.29, 0.717) is 38.5 Å². The second kappa shape index (κ2) is 6.29. The van der Waals surface area contributed by atoms with E-state index in [4.69, 9.17) is 0 Å². The summed E-state index contributed by atoms with van der Waals surface area (Å²) in [6.07, 6.45) is -8.73. The first-order valence-corrected chi connectivity index (χ1v) is 9.04. The van der Waals surface area contributed by atoms with Gasteiger partial charge in [-0.2, -0.15) is 26.3 Å². The zero-order valence-electron chi connectivity index (χ0n) is 13.8. The Morgan fingerprint density at radius 1 is 0.600 bits per heavy atom. The molecule has 4 atom stereocenters. The van der Waals surface area contributed by atoms with Gasteiger partial charge in [0, 0.05) is 5.92 Å². The fourth-order valence-corrected chi connectivity index (χ4v) is 5.91. The van der Waals surface area contributed by atoms with Gasteiger partial charge in [-0.05, 0) is 49.4 Å². The SMILES string of the molecule is OC1C2CCCCC2C(C(O)(C(F)(F)F)C(F)(F)F)C2CCCCC12. The van der Waals surface area contributed by atoms with Crippen LogP contribution >= 0.6 is 0 Å². The minimum Gasteiger partial charge on any atom is -0.393 e. The van der Waals surface area contributed by atoms with Gasteiger partial charge in [0.05, 0.1) is 6.10 Å². The monoisotopic (exact) mass is 374 g/mol. The first kappa shape index (κ1) is 19.3. The lowest BCUT2D eigenvalue weighted by molar-refractivity contribution is -0.403. The van der Waals surface area contributed by atoms with Crippen molar-refractivity contribution < 1.29 is 36.6 Å². The number of hydrogen-bond acceptors (Lipinski definition) is 2. The highest BCUT2D eigenvalue weighted by molar-refractivity contribution is 5.10. The van der Waals surface area contributed by atoms with Crippen molar-refractivity contribution in [2.75, 3.05) is 0 Å². The van der Waals surface area contributed by atoms with E-state index in [0.717, 1.165) is 0 Å². The zero-order chi connectivity index (χ0) is 18.6. The number of alkyl halides is 6. The van der Waals surface area contributed by atoms with E-state index in [2.05, 4.69) is 0 Å². The summed E-state index contributed by atoms with van der Waals surface area (Å²) in [6.45, 7) is 0. The average molecular weight is 374 g/mol. The van der Waals surface area contributed by atoms with Crippen molar-refractivity contribution in [1.82, 2.24) is 0 Å². The van der Waals surface area contributed by atoms with Crippen molar-refractivity contribution in [1.29, 1.82) is 0 Å². The molecule has 0 heterocycles. The Labute approximate surface area is 142 Å². The highest BCUT2D eigenvalue weighted by atomic mass is 19.4. The van der Waals surface area contributed by atoms with E-state index < -0.39 is 53.6 Å². The molecule has 0 aromatic carbocycles. The number of aliphatic hydroxyl groups is 2. The number of aliphatic hydroxyl groups excluding tert-OH is 1. The van der Waals surface area contributed by atoms with Gasteiger partial charge in [0.1, 0.15) is 0 Å². The maximum absolute atomic E-state index is 13.6. The molecule has 0 radical (unpaired) electrons. The molecule has 3 fully saturated rings. The summed E-state index contributed by atoms with van der Waals surface area (Å²) in [5.74, 6) is -5.00. The predicted octanol–water partition coefficient (Wildman–Crippen LogP) is 4.45. The Hall–Kier alpha value is -0.500. The fourth-order valence-electron chi connectivity index (χ4n) is 5.91. The van der Waals surface area contributed by atoms with Crippen LogP contribution in [0.4, 0.5) is 26.3 Å². The van der Waals surface area contributed by atoms with Crippen LogP contribution in [-0.4, -0.2) is 34.3 Å². The maximum atomic E-state index is 13.6. The summed E-state index contributed by atoms with van der Waals surface area (Å²) in [5.41, 5.74) is -4.71. The molecule has 25 heavy (non-hydrogen) atoms. The number of rotatable bonds is 1. The van der Waals surface area contributed by atoms with E-state index in [9.17, 15) is 36.6 Å². The molecule has 0 aromatic rings. The standard InChI is InChI=1S/C17H24F6O2/c18-16(19,20)15(25,17(21,22)23)13-9-5-1-3-7-11(9)14(24)12-8-4-2-6-10(12)13/h9-14,24-25H,1-8H2. The third-order valence-corrected chi connectivity index (χ3v) is 6.90. The van der Waals surface area contributed by atoms with Gasteiger partial charge < -0.3 is 10.2 Å². The Kier molecular flexibility index (Phi) is 4.85. The normalized spacial score (nSPS) is 40.3. The molecule has 0 spiro atoms.